The largest absolute Gasteiger partial charge is 0.415 e. The zero-order chi connectivity index (χ0) is 11.7. The first-order valence-electron chi connectivity index (χ1n) is 4.97. The van der Waals surface area contributed by atoms with Crippen molar-refractivity contribution in [2.75, 3.05) is 0 Å². The SMILES string of the molecule is Ic1ccccc1-c1nnc(-c2cccs2)o1. The lowest BCUT2D eigenvalue weighted by molar-refractivity contribution is 0.585. The highest BCUT2D eigenvalue weighted by molar-refractivity contribution is 14.1. The van der Waals surface area contributed by atoms with Crippen LogP contribution in [0, 0.1) is 3.57 Å². The van der Waals surface area contributed by atoms with E-state index in [-0.39, 0.29) is 0 Å². The topological polar surface area (TPSA) is 38.9 Å². The Bertz CT molecular complexity index is 634. The molecule has 3 nitrogen and oxygen atoms in total. The zero-order valence-corrected chi connectivity index (χ0v) is 11.6. The van der Waals surface area contributed by atoms with Crippen molar-refractivity contribution in [1.82, 2.24) is 10.2 Å². The summed E-state index contributed by atoms with van der Waals surface area (Å²) in [6.07, 6.45) is 0. The van der Waals surface area contributed by atoms with Gasteiger partial charge in [-0.25, -0.2) is 0 Å². The molecule has 84 valence electrons. The Balaban J connectivity index is 2.04. The smallest absolute Gasteiger partial charge is 0.258 e. The summed E-state index contributed by atoms with van der Waals surface area (Å²) in [5.74, 6) is 1.15. The molecule has 0 fully saturated rings. The molecule has 17 heavy (non-hydrogen) atoms. The van der Waals surface area contributed by atoms with E-state index in [0.29, 0.717) is 11.8 Å². The Hall–Kier alpha value is -1.21. The van der Waals surface area contributed by atoms with Gasteiger partial charge in [-0.15, -0.1) is 21.5 Å². The van der Waals surface area contributed by atoms with Crippen LogP contribution in [0.25, 0.3) is 22.2 Å². The highest BCUT2D eigenvalue weighted by Crippen LogP contribution is 2.28. The third-order valence-corrected chi connectivity index (χ3v) is 4.06. The minimum Gasteiger partial charge on any atom is -0.415 e. The van der Waals surface area contributed by atoms with Crippen LogP contribution in [0.5, 0.6) is 0 Å². The van der Waals surface area contributed by atoms with Crippen LogP contribution < -0.4 is 0 Å². The summed E-state index contributed by atoms with van der Waals surface area (Å²) in [6, 6.07) is 11.9. The van der Waals surface area contributed by atoms with Gasteiger partial charge in [-0.3, -0.25) is 0 Å². The number of hydrogen-bond acceptors (Lipinski definition) is 4. The van der Waals surface area contributed by atoms with E-state index in [0.717, 1.165) is 14.0 Å². The van der Waals surface area contributed by atoms with Gasteiger partial charge in [0.05, 0.1) is 10.4 Å². The second kappa shape index (κ2) is 4.58. The summed E-state index contributed by atoms with van der Waals surface area (Å²) in [6.45, 7) is 0. The molecule has 0 unspecified atom stereocenters. The molecule has 3 rings (SSSR count). The normalized spacial score (nSPS) is 10.6. The average Bonchev–Trinajstić information content (AvgIpc) is 3.00. The Morgan fingerprint density at radius 1 is 1.00 bits per heavy atom. The van der Waals surface area contributed by atoms with Crippen molar-refractivity contribution >= 4 is 33.9 Å². The maximum atomic E-state index is 5.68. The zero-order valence-electron chi connectivity index (χ0n) is 8.63. The Kier molecular flexibility index (Phi) is 2.94. The van der Waals surface area contributed by atoms with Crippen molar-refractivity contribution in [3.05, 3.63) is 45.3 Å². The summed E-state index contributed by atoms with van der Waals surface area (Å²) >= 11 is 3.85. The van der Waals surface area contributed by atoms with Gasteiger partial charge in [0.25, 0.3) is 5.89 Å². The first kappa shape index (κ1) is 10.9. The highest BCUT2D eigenvalue weighted by atomic mass is 127. The monoisotopic (exact) mass is 354 g/mol. The second-order valence-corrected chi connectivity index (χ2v) is 5.48. The molecule has 0 saturated heterocycles. The Morgan fingerprint density at radius 3 is 2.59 bits per heavy atom. The van der Waals surface area contributed by atoms with Crippen LogP contribution in [-0.2, 0) is 0 Å². The van der Waals surface area contributed by atoms with Crippen LogP contribution in [0.2, 0.25) is 0 Å². The first-order valence-corrected chi connectivity index (χ1v) is 6.93. The number of benzene rings is 1. The van der Waals surface area contributed by atoms with Gasteiger partial charge in [0, 0.05) is 3.57 Å². The van der Waals surface area contributed by atoms with E-state index >= 15 is 0 Å². The van der Waals surface area contributed by atoms with Crippen LogP contribution in [-0.4, -0.2) is 10.2 Å². The molecule has 0 aliphatic heterocycles. The van der Waals surface area contributed by atoms with E-state index in [2.05, 4.69) is 32.8 Å². The molecule has 0 aliphatic rings. The minimum absolute atomic E-state index is 0.568. The third kappa shape index (κ3) is 2.12. The molecular weight excluding hydrogens is 347 g/mol. The van der Waals surface area contributed by atoms with E-state index in [9.17, 15) is 0 Å². The van der Waals surface area contributed by atoms with Gasteiger partial charge in [0.2, 0.25) is 5.89 Å². The van der Waals surface area contributed by atoms with E-state index in [1.54, 1.807) is 11.3 Å². The quantitative estimate of drug-likeness (QED) is 0.652. The molecule has 1 aromatic carbocycles. The van der Waals surface area contributed by atoms with Crippen molar-refractivity contribution in [2.45, 2.75) is 0 Å². The second-order valence-electron chi connectivity index (χ2n) is 3.37. The molecule has 0 radical (unpaired) electrons. The van der Waals surface area contributed by atoms with Gasteiger partial charge in [-0.2, -0.15) is 0 Å². The average molecular weight is 354 g/mol. The maximum Gasteiger partial charge on any atom is 0.258 e. The van der Waals surface area contributed by atoms with Crippen LogP contribution in [0.4, 0.5) is 0 Å². The summed E-state index contributed by atoms with van der Waals surface area (Å²) in [5.41, 5.74) is 0.975. The molecule has 0 amide bonds. The first-order chi connectivity index (χ1) is 8.34. The van der Waals surface area contributed by atoms with E-state index in [1.807, 2.05) is 41.8 Å². The molecule has 0 saturated carbocycles. The predicted octanol–water partition coefficient (Wildman–Crippen LogP) is 4.07. The standard InChI is InChI=1S/C12H7IN2OS/c13-9-5-2-1-4-8(9)11-14-15-12(16-11)10-6-3-7-17-10/h1-7H. The lowest BCUT2D eigenvalue weighted by Crippen LogP contribution is -1.81. The van der Waals surface area contributed by atoms with E-state index < -0.39 is 0 Å². The fourth-order valence-corrected chi connectivity index (χ4v) is 2.73. The minimum atomic E-state index is 0.568. The van der Waals surface area contributed by atoms with E-state index in [4.69, 9.17) is 4.42 Å². The summed E-state index contributed by atoms with van der Waals surface area (Å²) in [7, 11) is 0. The van der Waals surface area contributed by atoms with Crippen LogP contribution >= 0.6 is 33.9 Å². The molecule has 3 aromatic rings. The van der Waals surface area contributed by atoms with Crippen molar-refractivity contribution in [3.8, 4) is 22.2 Å². The molecule has 0 bridgehead atoms. The fraction of sp³-hybridized carbons (Fsp3) is 0. The van der Waals surface area contributed by atoms with Crippen LogP contribution in [0.15, 0.2) is 46.2 Å². The summed E-state index contributed by atoms with van der Waals surface area (Å²) in [4.78, 5) is 0.995. The summed E-state index contributed by atoms with van der Waals surface area (Å²) < 4.78 is 6.78. The molecule has 2 heterocycles. The van der Waals surface area contributed by atoms with Gasteiger partial charge in [0.15, 0.2) is 0 Å². The fourth-order valence-electron chi connectivity index (χ4n) is 1.47. The molecule has 0 spiro atoms. The number of aromatic nitrogens is 2. The van der Waals surface area contributed by atoms with Crippen molar-refractivity contribution in [2.24, 2.45) is 0 Å². The molecule has 5 heteroatoms. The number of nitrogens with zero attached hydrogens (tertiary/aromatic N) is 2. The molecule has 0 aliphatic carbocycles. The molecule has 0 atom stereocenters. The van der Waals surface area contributed by atoms with Crippen LogP contribution in [0.3, 0.4) is 0 Å². The van der Waals surface area contributed by atoms with Gasteiger partial charge in [-0.05, 0) is 46.2 Å². The van der Waals surface area contributed by atoms with Crippen LogP contribution in [0.1, 0.15) is 0 Å². The van der Waals surface area contributed by atoms with Crippen molar-refractivity contribution < 1.29 is 4.42 Å². The maximum absolute atomic E-state index is 5.68. The predicted molar refractivity (Wildman–Crippen MR) is 75.8 cm³/mol. The number of thiophene rings is 1. The van der Waals surface area contributed by atoms with Gasteiger partial charge in [-0.1, -0.05) is 18.2 Å². The molecular formula is C12H7IN2OS. The van der Waals surface area contributed by atoms with Crippen molar-refractivity contribution in [3.63, 3.8) is 0 Å². The Morgan fingerprint density at radius 2 is 1.82 bits per heavy atom. The van der Waals surface area contributed by atoms with Crippen molar-refractivity contribution in [1.29, 1.82) is 0 Å². The third-order valence-electron chi connectivity index (χ3n) is 2.26. The van der Waals surface area contributed by atoms with Gasteiger partial charge >= 0.3 is 0 Å². The molecule has 2 aromatic heterocycles. The highest BCUT2D eigenvalue weighted by Gasteiger charge is 2.12. The number of rotatable bonds is 2. The number of halogens is 1. The Labute approximate surface area is 116 Å². The van der Waals surface area contributed by atoms with Gasteiger partial charge < -0.3 is 4.42 Å². The summed E-state index contributed by atoms with van der Waals surface area (Å²) in [5, 5.41) is 10.1. The number of hydrogen-bond donors (Lipinski definition) is 0. The lowest BCUT2D eigenvalue weighted by atomic mass is 10.2. The molecule has 0 N–H and O–H groups in total. The van der Waals surface area contributed by atoms with Gasteiger partial charge in [0.1, 0.15) is 0 Å². The van der Waals surface area contributed by atoms with E-state index in [1.165, 1.54) is 0 Å². The lowest BCUT2D eigenvalue weighted by Gasteiger charge is -1.96.